The van der Waals surface area contributed by atoms with Crippen molar-refractivity contribution >= 4 is 5.91 Å². The highest BCUT2D eigenvalue weighted by molar-refractivity contribution is 5.79. The first-order valence-electron chi connectivity index (χ1n) is 8.41. The number of rotatable bonds is 4. The fourth-order valence-corrected chi connectivity index (χ4v) is 3.11. The van der Waals surface area contributed by atoms with Crippen molar-refractivity contribution in [3.8, 4) is 0 Å². The van der Waals surface area contributed by atoms with Crippen LogP contribution in [0.25, 0.3) is 0 Å². The third-order valence-electron chi connectivity index (χ3n) is 4.68. The molecule has 0 unspecified atom stereocenters. The second kappa shape index (κ2) is 7.58. The van der Waals surface area contributed by atoms with Crippen molar-refractivity contribution in [2.45, 2.75) is 19.9 Å². The molecule has 0 radical (unpaired) electrons. The van der Waals surface area contributed by atoms with E-state index < -0.39 is 0 Å². The molecule has 24 heavy (non-hydrogen) atoms. The fraction of sp³-hybridized carbons (Fsp3) is 0.350. The van der Waals surface area contributed by atoms with Gasteiger partial charge in [-0.25, -0.2) is 4.39 Å². The number of hydrogen-bond acceptors (Lipinski definition) is 2. The molecule has 1 amide bonds. The molecular weight excluding hydrogens is 303 g/mol. The van der Waals surface area contributed by atoms with Gasteiger partial charge in [-0.05, 0) is 24.1 Å². The van der Waals surface area contributed by atoms with Crippen molar-refractivity contribution in [3.63, 3.8) is 0 Å². The van der Waals surface area contributed by atoms with Gasteiger partial charge in [-0.15, -0.1) is 0 Å². The quantitative estimate of drug-likeness (QED) is 0.862. The van der Waals surface area contributed by atoms with E-state index in [-0.39, 0.29) is 11.7 Å². The van der Waals surface area contributed by atoms with Crippen LogP contribution in [0.5, 0.6) is 0 Å². The van der Waals surface area contributed by atoms with E-state index >= 15 is 0 Å². The Bertz CT molecular complexity index is 708. The topological polar surface area (TPSA) is 23.6 Å². The summed E-state index contributed by atoms with van der Waals surface area (Å²) in [5.41, 5.74) is 2.97. The fourth-order valence-electron chi connectivity index (χ4n) is 3.11. The van der Waals surface area contributed by atoms with E-state index in [1.54, 1.807) is 6.07 Å². The van der Waals surface area contributed by atoms with Crippen LogP contribution in [0.2, 0.25) is 0 Å². The average Bonchev–Trinajstić information content (AvgIpc) is 2.59. The van der Waals surface area contributed by atoms with Crippen LogP contribution in [0, 0.1) is 12.7 Å². The van der Waals surface area contributed by atoms with Gasteiger partial charge in [0.2, 0.25) is 5.91 Å². The zero-order chi connectivity index (χ0) is 16.9. The first-order chi connectivity index (χ1) is 11.6. The molecular formula is C20H23FN2O. The second-order valence-electron chi connectivity index (χ2n) is 6.35. The van der Waals surface area contributed by atoms with Gasteiger partial charge in [0.15, 0.2) is 0 Å². The molecule has 2 aromatic rings. The van der Waals surface area contributed by atoms with E-state index in [0.29, 0.717) is 26.1 Å². The van der Waals surface area contributed by atoms with Crippen molar-refractivity contribution < 1.29 is 9.18 Å². The van der Waals surface area contributed by atoms with Crippen LogP contribution >= 0.6 is 0 Å². The first-order valence-corrected chi connectivity index (χ1v) is 8.41. The maximum absolute atomic E-state index is 13.7. The van der Waals surface area contributed by atoms with Gasteiger partial charge in [0.05, 0.1) is 6.42 Å². The van der Waals surface area contributed by atoms with Crippen LogP contribution in [0.15, 0.2) is 48.5 Å². The summed E-state index contributed by atoms with van der Waals surface area (Å²) in [7, 11) is 0. The Hall–Kier alpha value is -2.20. The number of benzene rings is 2. The molecule has 1 aliphatic heterocycles. The first kappa shape index (κ1) is 16.7. The lowest BCUT2D eigenvalue weighted by Crippen LogP contribution is -2.48. The highest BCUT2D eigenvalue weighted by Gasteiger charge is 2.22. The van der Waals surface area contributed by atoms with Crippen molar-refractivity contribution in [2.24, 2.45) is 0 Å². The molecule has 3 nitrogen and oxygen atoms in total. The van der Waals surface area contributed by atoms with E-state index in [1.807, 2.05) is 48.2 Å². The monoisotopic (exact) mass is 326 g/mol. The third kappa shape index (κ3) is 4.01. The Morgan fingerprint density at radius 2 is 1.58 bits per heavy atom. The minimum absolute atomic E-state index is 0.157. The minimum Gasteiger partial charge on any atom is -0.340 e. The van der Waals surface area contributed by atoms with Gasteiger partial charge in [0.25, 0.3) is 0 Å². The molecule has 1 saturated heterocycles. The minimum atomic E-state index is -0.157. The van der Waals surface area contributed by atoms with Crippen molar-refractivity contribution in [2.75, 3.05) is 26.2 Å². The largest absolute Gasteiger partial charge is 0.340 e. The van der Waals surface area contributed by atoms with Gasteiger partial charge in [0.1, 0.15) is 5.82 Å². The molecule has 0 N–H and O–H groups in total. The number of hydrogen-bond donors (Lipinski definition) is 0. The maximum atomic E-state index is 13.7. The molecule has 1 heterocycles. The van der Waals surface area contributed by atoms with Gasteiger partial charge in [0, 0.05) is 38.3 Å². The number of aryl methyl sites for hydroxylation is 1. The highest BCUT2D eigenvalue weighted by Crippen LogP contribution is 2.14. The van der Waals surface area contributed by atoms with E-state index in [0.717, 1.165) is 29.8 Å². The van der Waals surface area contributed by atoms with Gasteiger partial charge < -0.3 is 4.90 Å². The molecule has 4 heteroatoms. The summed E-state index contributed by atoms with van der Waals surface area (Å²) >= 11 is 0. The normalized spacial score (nSPS) is 15.5. The average molecular weight is 326 g/mol. The van der Waals surface area contributed by atoms with Crippen molar-refractivity contribution in [3.05, 3.63) is 71.0 Å². The zero-order valence-corrected chi connectivity index (χ0v) is 14.0. The predicted octanol–water partition coefficient (Wildman–Crippen LogP) is 3.02. The van der Waals surface area contributed by atoms with Gasteiger partial charge in [-0.3, -0.25) is 9.69 Å². The predicted molar refractivity (Wildman–Crippen MR) is 93.1 cm³/mol. The Morgan fingerprint density at radius 3 is 2.25 bits per heavy atom. The number of amides is 1. The Kier molecular flexibility index (Phi) is 5.26. The van der Waals surface area contributed by atoms with E-state index in [9.17, 15) is 9.18 Å². The summed E-state index contributed by atoms with van der Waals surface area (Å²) in [6.07, 6.45) is 0.458. The lowest BCUT2D eigenvalue weighted by atomic mass is 10.1. The molecule has 0 spiro atoms. The van der Waals surface area contributed by atoms with Crippen LogP contribution in [-0.2, 0) is 17.8 Å². The third-order valence-corrected chi connectivity index (χ3v) is 4.68. The van der Waals surface area contributed by atoms with Crippen molar-refractivity contribution in [1.82, 2.24) is 9.80 Å². The SMILES string of the molecule is Cc1ccccc1CC(=O)N1CCN(Cc2ccccc2F)CC1. The van der Waals surface area contributed by atoms with Crippen LogP contribution < -0.4 is 0 Å². The van der Waals surface area contributed by atoms with Gasteiger partial charge >= 0.3 is 0 Å². The summed E-state index contributed by atoms with van der Waals surface area (Å²) in [5, 5.41) is 0. The molecule has 2 aromatic carbocycles. The van der Waals surface area contributed by atoms with Crippen molar-refractivity contribution in [1.29, 1.82) is 0 Å². The molecule has 1 fully saturated rings. The number of carbonyl (C=O) groups excluding carboxylic acids is 1. The molecule has 126 valence electrons. The molecule has 1 aliphatic rings. The number of nitrogens with zero attached hydrogens (tertiary/aromatic N) is 2. The standard InChI is InChI=1S/C20H23FN2O/c1-16-6-2-3-7-17(16)14-20(24)23-12-10-22(11-13-23)15-18-8-4-5-9-19(18)21/h2-9H,10-15H2,1H3. The van der Waals surface area contributed by atoms with Crippen LogP contribution in [-0.4, -0.2) is 41.9 Å². The summed E-state index contributed by atoms with van der Waals surface area (Å²) < 4.78 is 13.7. The highest BCUT2D eigenvalue weighted by atomic mass is 19.1. The number of halogens is 1. The van der Waals surface area contributed by atoms with E-state index in [1.165, 1.54) is 6.07 Å². The van der Waals surface area contributed by atoms with Crippen LogP contribution in [0.3, 0.4) is 0 Å². The summed E-state index contributed by atoms with van der Waals surface area (Å²) in [6, 6.07) is 14.9. The summed E-state index contributed by atoms with van der Waals surface area (Å²) in [5.74, 6) is 0.0189. The maximum Gasteiger partial charge on any atom is 0.227 e. The van der Waals surface area contributed by atoms with E-state index in [2.05, 4.69) is 4.90 Å². The zero-order valence-electron chi connectivity index (χ0n) is 14.0. The summed E-state index contributed by atoms with van der Waals surface area (Å²) in [6.45, 7) is 5.63. The molecule has 0 saturated carbocycles. The second-order valence-corrected chi connectivity index (χ2v) is 6.35. The molecule has 0 aliphatic carbocycles. The molecule has 0 bridgehead atoms. The Balaban J connectivity index is 1.52. The molecule has 3 rings (SSSR count). The Labute approximate surface area is 142 Å². The lowest BCUT2D eigenvalue weighted by molar-refractivity contribution is -0.132. The number of carbonyl (C=O) groups is 1. The number of piperazine rings is 1. The molecule has 0 atom stereocenters. The van der Waals surface area contributed by atoms with Crippen LogP contribution in [0.4, 0.5) is 4.39 Å². The summed E-state index contributed by atoms with van der Waals surface area (Å²) in [4.78, 5) is 16.6. The Morgan fingerprint density at radius 1 is 0.958 bits per heavy atom. The smallest absolute Gasteiger partial charge is 0.227 e. The van der Waals surface area contributed by atoms with Gasteiger partial charge in [-0.1, -0.05) is 42.5 Å². The van der Waals surface area contributed by atoms with Gasteiger partial charge in [-0.2, -0.15) is 0 Å². The van der Waals surface area contributed by atoms with E-state index in [4.69, 9.17) is 0 Å². The van der Waals surface area contributed by atoms with Crippen LogP contribution in [0.1, 0.15) is 16.7 Å². The lowest BCUT2D eigenvalue weighted by Gasteiger charge is -2.35. The molecule has 0 aromatic heterocycles.